The Morgan fingerprint density at radius 3 is 2.27 bits per heavy atom. The first-order valence-electron chi connectivity index (χ1n) is 3.67. The van der Waals surface area contributed by atoms with Gasteiger partial charge in [-0.15, -0.1) is 25.8 Å². The number of alkyl halides is 5. The van der Waals surface area contributed by atoms with Gasteiger partial charge in [0.05, 0.1) is 4.90 Å². The second-order valence-electron chi connectivity index (χ2n) is 2.54. The molecular weight excluding hydrogens is 239 g/mol. The minimum atomic E-state index is -4.92. The third kappa shape index (κ3) is 3.26. The average Bonchev–Trinajstić information content (AvgIpc) is 2.05. The van der Waals surface area contributed by atoms with Crippen LogP contribution < -0.4 is 4.74 Å². The fourth-order valence-corrected chi connectivity index (χ4v) is 1.21. The number of rotatable bonds is 2. The van der Waals surface area contributed by atoms with E-state index in [2.05, 4.69) is 17.4 Å². The number of thiol groups is 1. The molecule has 84 valence electrons. The van der Waals surface area contributed by atoms with Gasteiger partial charge in [0.1, 0.15) is 5.75 Å². The molecule has 0 spiro atoms. The monoisotopic (exact) mass is 244 g/mol. The predicted molar refractivity (Wildman–Crippen MR) is 45.3 cm³/mol. The molecule has 0 N–H and O–H groups in total. The van der Waals surface area contributed by atoms with Crippen molar-refractivity contribution in [2.24, 2.45) is 0 Å². The molecule has 0 aliphatic rings. The van der Waals surface area contributed by atoms with Crippen LogP contribution >= 0.6 is 12.6 Å². The number of ether oxygens (including phenoxy) is 1. The van der Waals surface area contributed by atoms with Crippen LogP contribution in [0.3, 0.4) is 0 Å². The van der Waals surface area contributed by atoms with E-state index < -0.39 is 29.0 Å². The molecule has 1 aromatic carbocycles. The Morgan fingerprint density at radius 1 is 1.20 bits per heavy atom. The molecule has 0 saturated heterocycles. The van der Waals surface area contributed by atoms with Crippen LogP contribution in [-0.2, 0) is 0 Å². The first-order valence-corrected chi connectivity index (χ1v) is 4.12. The van der Waals surface area contributed by atoms with Crippen molar-refractivity contribution in [3.8, 4) is 5.75 Å². The summed E-state index contributed by atoms with van der Waals surface area (Å²) in [4.78, 5) is -0.509. The quantitative estimate of drug-likeness (QED) is 0.614. The maximum Gasteiger partial charge on any atom is 0.573 e. The largest absolute Gasteiger partial charge is 0.573 e. The van der Waals surface area contributed by atoms with Crippen molar-refractivity contribution in [1.82, 2.24) is 0 Å². The SMILES string of the molecule is FC(F)c1cccc(OC(F)(F)F)c1S. The van der Waals surface area contributed by atoms with Crippen molar-refractivity contribution in [2.45, 2.75) is 17.7 Å². The molecule has 15 heavy (non-hydrogen) atoms. The predicted octanol–water partition coefficient (Wildman–Crippen LogP) is 3.81. The molecule has 0 heterocycles. The standard InChI is InChI=1S/C8H5F5OS/c9-7(10)4-2-1-3-5(6(4)15)14-8(11,12)13/h1-3,7,15H. The fourth-order valence-electron chi connectivity index (χ4n) is 0.922. The Hall–Kier alpha value is -0.980. The summed E-state index contributed by atoms with van der Waals surface area (Å²) in [6.45, 7) is 0. The Balaban J connectivity index is 3.05. The Labute approximate surface area is 87.3 Å². The maximum absolute atomic E-state index is 12.3. The number of hydrogen-bond donors (Lipinski definition) is 1. The lowest BCUT2D eigenvalue weighted by Gasteiger charge is -2.12. The fraction of sp³-hybridized carbons (Fsp3) is 0.250. The van der Waals surface area contributed by atoms with Crippen LogP contribution in [0.1, 0.15) is 12.0 Å². The van der Waals surface area contributed by atoms with Gasteiger partial charge in [0.25, 0.3) is 6.43 Å². The van der Waals surface area contributed by atoms with E-state index in [9.17, 15) is 22.0 Å². The van der Waals surface area contributed by atoms with Crippen molar-refractivity contribution < 1.29 is 26.7 Å². The van der Waals surface area contributed by atoms with E-state index in [1.807, 2.05) is 0 Å². The highest BCUT2D eigenvalue weighted by Gasteiger charge is 2.32. The van der Waals surface area contributed by atoms with Gasteiger partial charge in [0.15, 0.2) is 0 Å². The highest BCUT2D eigenvalue weighted by Crippen LogP contribution is 2.35. The molecule has 1 nitrogen and oxygen atoms in total. The van der Waals surface area contributed by atoms with E-state index in [4.69, 9.17) is 0 Å². The Kier molecular flexibility index (Phi) is 3.43. The van der Waals surface area contributed by atoms with Crippen LogP contribution in [0.25, 0.3) is 0 Å². The molecule has 0 radical (unpaired) electrons. The van der Waals surface area contributed by atoms with E-state index in [1.54, 1.807) is 0 Å². The van der Waals surface area contributed by atoms with Gasteiger partial charge in [-0.05, 0) is 6.07 Å². The molecular formula is C8H5F5OS. The van der Waals surface area contributed by atoms with Crippen LogP contribution in [0.15, 0.2) is 23.1 Å². The van der Waals surface area contributed by atoms with Gasteiger partial charge in [-0.25, -0.2) is 8.78 Å². The van der Waals surface area contributed by atoms with Crippen molar-refractivity contribution >= 4 is 12.6 Å². The second kappa shape index (κ2) is 4.26. The van der Waals surface area contributed by atoms with Gasteiger partial charge in [0.2, 0.25) is 0 Å². The summed E-state index contributed by atoms with van der Waals surface area (Å²) < 4.78 is 63.5. The molecule has 0 unspecified atom stereocenters. The van der Waals surface area contributed by atoms with E-state index in [0.717, 1.165) is 18.2 Å². The molecule has 1 rings (SSSR count). The lowest BCUT2D eigenvalue weighted by Crippen LogP contribution is -2.17. The molecule has 0 aliphatic heterocycles. The molecule has 0 fully saturated rings. The summed E-state index contributed by atoms with van der Waals surface area (Å²) in [5.41, 5.74) is -0.597. The van der Waals surface area contributed by atoms with E-state index in [-0.39, 0.29) is 0 Å². The highest BCUT2D eigenvalue weighted by atomic mass is 32.1. The molecule has 0 aromatic heterocycles. The first kappa shape index (κ1) is 12.1. The average molecular weight is 244 g/mol. The van der Waals surface area contributed by atoms with Gasteiger partial charge >= 0.3 is 6.36 Å². The topological polar surface area (TPSA) is 9.23 Å². The highest BCUT2D eigenvalue weighted by molar-refractivity contribution is 7.80. The third-order valence-corrected chi connectivity index (χ3v) is 1.97. The van der Waals surface area contributed by atoms with Crippen LogP contribution in [0, 0.1) is 0 Å². The summed E-state index contributed by atoms with van der Waals surface area (Å²) >= 11 is 3.56. The minimum Gasteiger partial charge on any atom is -0.405 e. The van der Waals surface area contributed by atoms with Crippen molar-refractivity contribution in [3.05, 3.63) is 23.8 Å². The number of benzene rings is 1. The smallest absolute Gasteiger partial charge is 0.405 e. The normalized spacial score (nSPS) is 11.9. The van der Waals surface area contributed by atoms with Gasteiger partial charge in [-0.2, -0.15) is 0 Å². The summed E-state index contributed by atoms with van der Waals surface area (Å²) in [6.07, 6.45) is -7.81. The molecule has 0 aliphatic carbocycles. The Morgan fingerprint density at radius 2 is 1.80 bits per heavy atom. The lowest BCUT2D eigenvalue weighted by molar-refractivity contribution is -0.275. The summed E-state index contributed by atoms with van der Waals surface area (Å²) in [5, 5.41) is 0. The zero-order valence-corrected chi connectivity index (χ0v) is 7.95. The van der Waals surface area contributed by atoms with Crippen LogP contribution in [0.2, 0.25) is 0 Å². The molecule has 1 aromatic rings. The first-order chi connectivity index (χ1) is 6.81. The molecule has 7 heteroatoms. The van der Waals surface area contributed by atoms with E-state index in [1.165, 1.54) is 0 Å². The van der Waals surface area contributed by atoms with Crippen molar-refractivity contribution in [3.63, 3.8) is 0 Å². The summed E-state index contributed by atoms with van der Waals surface area (Å²) in [7, 11) is 0. The van der Waals surface area contributed by atoms with E-state index in [0.29, 0.717) is 0 Å². The van der Waals surface area contributed by atoms with Gasteiger partial charge in [-0.3, -0.25) is 0 Å². The lowest BCUT2D eigenvalue weighted by atomic mass is 10.2. The number of halogens is 5. The Bertz CT molecular complexity index is 349. The van der Waals surface area contributed by atoms with Gasteiger partial charge in [-0.1, -0.05) is 12.1 Å². The van der Waals surface area contributed by atoms with E-state index >= 15 is 0 Å². The van der Waals surface area contributed by atoms with Crippen molar-refractivity contribution in [2.75, 3.05) is 0 Å². The maximum atomic E-state index is 12.3. The van der Waals surface area contributed by atoms with Crippen LogP contribution in [-0.4, -0.2) is 6.36 Å². The summed E-state index contributed by atoms with van der Waals surface area (Å²) in [5.74, 6) is -0.733. The van der Waals surface area contributed by atoms with Gasteiger partial charge < -0.3 is 4.74 Å². The van der Waals surface area contributed by atoms with Gasteiger partial charge in [0, 0.05) is 5.56 Å². The molecule has 0 atom stereocenters. The molecule has 0 bridgehead atoms. The zero-order valence-electron chi connectivity index (χ0n) is 7.05. The number of hydrogen-bond acceptors (Lipinski definition) is 2. The zero-order chi connectivity index (χ0) is 11.6. The minimum absolute atomic E-state index is 0.509. The second-order valence-corrected chi connectivity index (χ2v) is 2.99. The van der Waals surface area contributed by atoms with Crippen LogP contribution in [0.5, 0.6) is 5.75 Å². The molecule has 0 amide bonds. The van der Waals surface area contributed by atoms with Crippen molar-refractivity contribution in [1.29, 1.82) is 0 Å². The summed E-state index contributed by atoms with van der Waals surface area (Å²) in [6, 6.07) is 2.94. The van der Waals surface area contributed by atoms with Crippen LogP contribution in [0.4, 0.5) is 22.0 Å². The third-order valence-electron chi connectivity index (χ3n) is 1.49. The molecule has 0 saturated carbocycles.